The highest BCUT2D eigenvalue weighted by Gasteiger charge is 2.06. The van der Waals surface area contributed by atoms with Crippen molar-refractivity contribution < 1.29 is 9.47 Å². The Labute approximate surface area is 104 Å². The molecular formula is C14H23NO2. The molecule has 0 aliphatic carbocycles. The normalized spacial score (nSPS) is 12.4. The number of hydrogen-bond acceptors (Lipinski definition) is 3. The van der Waals surface area contributed by atoms with Gasteiger partial charge in [0.1, 0.15) is 12.4 Å². The molecule has 2 N–H and O–H groups in total. The van der Waals surface area contributed by atoms with Gasteiger partial charge in [-0.15, -0.1) is 0 Å². The van der Waals surface area contributed by atoms with Crippen LogP contribution >= 0.6 is 0 Å². The van der Waals surface area contributed by atoms with Crippen molar-refractivity contribution in [1.82, 2.24) is 0 Å². The molecule has 0 amide bonds. The Bertz CT molecular complexity index is 313. The van der Waals surface area contributed by atoms with Crippen LogP contribution in [0.1, 0.15) is 38.3 Å². The molecule has 0 spiro atoms. The molecule has 0 radical (unpaired) electrons. The maximum absolute atomic E-state index is 5.87. The number of ether oxygens (including phenoxy) is 2. The Morgan fingerprint density at radius 3 is 2.65 bits per heavy atom. The Balaban J connectivity index is 2.31. The zero-order chi connectivity index (χ0) is 12.5. The summed E-state index contributed by atoms with van der Waals surface area (Å²) in [5, 5.41) is 0. The zero-order valence-electron chi connectivity index (χ0n) is 10.8. The quantitative estimate of drug-likeness (QED) is 0.707. The number of para-hydroxylation sites is 1. The van der Waals surface area contributed by atoms with Crippen LogP contribution in [-0.4, -0.2) is 19.8 Å². The molecular weight excluding hydrogens is 214 g/mol. The number of unbranched alkanes of at least 4 members (excludes halogenated alkanes) is 1. The predicted molar refractivity (Wildman–Crippen MR) is 70.3 cm³/mol. The molecule has 1 aromatic carbocycles. The number of hydrogen-bond donors (Lipinski definition) is 1. The van der Waals surface area contributed by atoms with Crippen LogP contribution in [0.3, 0.4) is 0 Å². The van der Waals surface area contributed by atoms with Crippen molar-refractivity contribution in [3.8, 4) is 5.75 Å². The van der Waals surface area contributed by atoms with E-state index in [0.29, 0.717) is 13.2 Å². The van der Waals surface area contributed by atoms with Crippen LogP contribution in [0.5, 0.6) is 5.75 Å². The number of nitrogens with two attached hydrogens (primary N) is 1. The molecule has 0 saturated carbocycles. The lowest BCUT2D eigenvalue weighted by atomic mass is 10.1. The third kappa shape index (κ3) is 5.20. The van der Waals surface area contributed by atoms with Crippen LogP contribution in [0.15, 0.2) is 24.3 Å². The first-order valence-corrected chi connectivity index (χ1v) is 6.30. The van der Waals surface area contributed by atoms with E-state index in [1.807, 2.05) is 31.2 Å². The summed E-state index contributed by atoms with van der Waals surface area (Å²) in [5.41, 5.74) is 6.92. The van der Waals surface area contributed by atoms with Crippen LogP contribution in [-0.2, 0) is 4.74 Å². The fourth-order valence-corrected chi connectivity index (χ4v) is 1.55. The fraction of sp³-hybridized carbons (Fsp3) is 0.571. The van der Waals surface area contributed by atoms with Crippen molar-refractivity contribution >= 4 is 0 Å². The molecule has 0 aliphatic heterocycles. The average Bonchev–Trinajstić information content (AvgIpc) is 2.34. The molecule has 1 atom stereocenters. The Morgan fingerprint density at radius 1 is 1.18 bits per heavy atom. The van der Waals surface area contributed by atoms with Crippen molar-refractivity contribution in [3.63, 3.8) is 0 Å². The van der Waals surface area contributed by atoms with E-state index in [9.17, 15) is 0 Å². The first-order valence-electron chi connectivity index (χ1n) is 6.30. The zero-order valence-corrected chi connectivity index (χ0v) is 10.8. The summed E-state index contributed by atoms with van der Waals surface area (Å²) in [6.45, 7) is 6.13. The van der Waals surface area contributed by atoms with Crippen molar-refractivity contribution in [3.05, 3.63) is 29.8 Å². The van der Waals surface area contributed by atoms with Crippen molar-refractivity contribution in [1.29, 1.82) is 0 Å². The van der Waals surface area contributed by atoms with Crippen molar-refractivity contribution in [2.24, 2.45) is 5.73 Å². The van der Waals surface area contributed by atoms with Crippen molar-refractivity contribution in [2.75, 3.05) is 19.8 Å². The second-order valence-corrected chi connectivity index (χ2v) is 4.14. The summed E-state index contributed by atoms with van der Waals surface area (Å²) in [6.07, 6.45) is 2.27. The maximum atomic E-state index is 5.87. The number of rotatable bonds is 8. The highest BCUT2D eigenvalue weighted by molar-refractivity contribution is 5.35. The predicted octanol–water partition coefficient (Wildman–Crippen LogP) is 2.90. The maximum Gasteiger partial charge on any atom is 0.124 e. The van der Waals surface area contributed by atoms with Crippen molar-refractivity contribution in [2.45, 2.75) is 32.7 Å². The van der Waals surface area contributed by atoms with E-state index in [4.69, 9.17) is 15.2 Å². The standard InChI is InChI=1S/C14H23NO2/c1-3-4-9-16-10-11-17-14-8-6-5-7-13(14)12(2)15/h5-8,12H,3-4,9-11,15H2,1-2H3. The van der Waals surface area contributed by atoms with Gasteiger partial charge in [-0.3, -0.25) is 0 Å². The Kier molecular flexibility index (Phi) is 6.67. The molecule has 1 unspecified atom stereocenters. The molecule has 0 aromatic heterocycles. The van der Waals surface area contributed by atoms with Gasteiger partial charge in [-0.05, 0) is 19.4 Å². The molecule has 1 rings (SSSR count). The Morgan fingerprint density at radius 2 is 1.94 bits per heavy atom. The average molecular weight is 237 g/mol. The van der Waals surface area contributed by atoms with Gasteiger partial charge in [-0.1, -0.05) is 31.5 Å². The van der Waals surface area contributed by atoms with Crippen LogP contribution in [0, 0.1) is 0 Å². The minimum absolute atomic E-state index is 0.00721. The van der Waals surface area contributed by atoms with Gasteiger partial charge in [0.15, 0.2) is 0 Å². The van der Waals surface area contributed by atoms with Gasteiger partial charge in [-0.2, -0.15) is 0 Å². The molecule has 0 bridgehead atoms. The lowest BCUT2D eigenvalue weighted by molar-refractivity contribution is 0.0976. The summed E-state index contributed by atoms with van der Waals surface area (Å²) in [4.78, 5) is 0. The lowest BCUT2D eigenvalue weighted by Gasteiger charge is -2.13. The highest BCUT2D eigenvalue weighted by Crippen LogP contribution is 2.22. The molecule has 1 aromatic rings. The molecule has 17 heavy (non-hydrogen) atoms. The third-order valence-corrected chi connectivity index (χ3v) is 2.54. The molecule has 3 heteroatoms. The smallest absolute Gasteiger partial charge is 0.124 e. The SMILES string of the molecule is CCCCOCCOc1ccccc1C(C)N. The van der Waals surface area contributed by atoms with Crippen LogP contribution in [0.2, 0.25) is 0 Å². The van der Waals surface area contributed by atoms with Gasteiger partial charge >= 0.3 is 0 Å². The van der Waals surface area contributed by atoms with Gasteiger partial charge in [0, 0.05) is 18.2 Å². The van der Waals surface area contributed by atoms with Crippen LogP contribution in [0.25, 0.3) is 0 Å². The molecule has 0 heterocycles. The first-order chi connectivity index (χ1) is 8.25. The second-order valence-electron chi connectivity index (χ2n) is 4.14. The van der Waals surface area contributed by atoms with Crippen LogP contribution < -0.4 is 10.5 Å². The molecule has 3 nitrogen and oxygen atoms in total. The van der Waals surface area contributed by atoms with E-state index in [1.54, 1.807) is 0 Å². The van der Waals surface area contributed by atoms with Gasteiger partial charge in [0.25, 0.3) is 0 Å². The monoisotopic (exact) mass is 237 g/mol. The summed E-state index contributed by atoms with van der Waals surface area (Å²) < 4.78 is 11.1. The van der Waals surface area contributed by atoms with Gasteiger partial charge in [0.05, 0.1) is 6.61 Å². The molecule has 0 aliphatic rings. The van der Waals surface area contributed by atoms with Gasteiger partial charge in [-0.25, -0.2) is 0 Å². The minimum Gasteiger partial charge on any atom is -0.491 e. The molecule has 96 valence electrons. The van der Waals surface area contributed by atoms with E-state index >= 15 is 0 Å². The molecule has 0 saturated heterocycles. The van der Waals surface area contributed by atoms with E-state index in [1.165, 1.54) is 0 Å². The topological polar surface area (TPSA) is 44.5 Å². The third-order valence-electron chi connectivity index (χ3n) is 2.54. The second kappa shape index (κ2) is 8.09. The van der Waals surface area contributed by atoms with Gasteiger partial charge in [0.2, 0.25) is 0 Å². The summed E-state index contributed by atoms with van der Waals surface area (Å²) in [5.74, 6) is 0.863. The highest BCUT2D eigenvalue weighted by atomic mass is 16.5. The van der Waals surface area contributed by atoms with Gasteiger partial charge < -0.3 is 15.2 Å². The lowest BCUT2D eigenvalue weighted by Crippen LogP contribution is -2.11. The minimum atomic E-state index is -0.00721. The van der Waals surface area contributed by atoms with E-state index in [-0.39, 0.29) is 6.04 Å². The largest absolute Gasteiger partial charge is 0.491 e. The summed E-state index contributed by atoms with van der Waals surface area (Å²) >= 11 is 0. The number of benzene rings is 1. The van der Waals surface area contributed by atoms with E-state index in [2.05, 4.69) is 6.92 Å². The fourth-order valence-electron chi connectivity index (χ4n) is 1.55. The first kappa shape index (κ1) is 14.0. The van der Waals surface area contributed by atoms with E-state index < -0.39 is 0 Å². The Hall–Kier alpha value is -1.06. The van der Waals surface area contributed by atoms with Crippen LogP contribution in [0.4, 0.5) is 0 Å². The van der Waals surface area contributed by atoms with E-state index in [0.717, 1.165) is 30.8 Å². The summed E-state index contributed by atoms with van der Waals surface area (Å²) in [7, 11) is 0. The molecule has 0 fully saturated rings. The summed E-state index contributed by atoms with van der Waals surface area (Å²) in [6, 6.07) is 7.87.